The van der Waals surface area contributed by atoms with E-state index in [2.05, 4.69) is 9.97 Å². The molecule has 0 amide bonds. The molecular formula is C12H10FN3O3S. The van der Waals surface area contributed by atoms with Crippen LogP contribution in [0.15, 0.2) is 34.2 Å². The minimum absolute atomic E-state index is 0.139. The summed E-state index contributed by atoms with van der Waals surface area (Å²) in [5.74, 6) is -0.722. The van der Waals surface area contributed by atoms with Gasteiger partial charge in [0.15, 0.2) is 5.16 Å². The monoisotopic (exact) mass is 295 g/mol. The highest BCUT2D eigenvalue weighted by Crippen LogP contribution is 2.25. The molecule has 1 N–H and O–H groups in total. The fourth-order valence-electron chi connectivity index (χ4n) is 1.58. The summed E-state index contributed by atoms with van der Waals surface area (Å²) in [7, 11) is 0. The number of benzene rings is 1. The Labute approximate surface area is 117 Å². The van der Waals surface area contributed by atoms with Crippen LogP contribution in [0.2, 0.25) is 0 Å². The maximum absolute atomic E-state index is 13.8. The van der Waals surface area contributed by atoms with Crippen molar-refractivity contribution in [1.29, 1.82) is 0 Å². The fourth-order valence-corrected chi connectivity index (χ4v) is 2.48. The number of hydrogen-bond acceptors (Lipinski definition) is 5. The average Bonchev–Trinajstić information content (AvgIpc) is 2.36. The Morgan fingerprint density at radius 1 is 1.50 bits per heavy atom. The summed E-state index contributed by atoms with van der Waals surface area (Å²) in [6.45, 7) is 1.67. The molecule has 0 saturated carbocycles. The van der Waals surface area contributed by atoms with E-state index in [0.717, 1.165) is 17.8 Å². The predicted molar refractivity (Wildman–Crippen MR) is 72.2 cm³/mol. The first-order valence-corrected chi connectivity index (χ1v) is 6.58. The van der Waals surface area contributed by atoms with Crippen LogP contribution in [0.25, 0.3) is 0 Å². The maximum atomic E-state index is 13.8. The van der Waals surface area contributed by atoms with E-state index in [-0.39, 0.29) is 16.9 Å². The van der Waals surface area contributed by atoms with E-state index in [1.165, 1.54) is 18.2 Å². The lowest BCUT2D eigenvalue weighted by atomic mass is 10.2. The highest BCUT2D eigenvalue weighted by molar-refractivity contribution is 7.98. The van der Waals surface area contributed by atoms with Gasteiger partial charge in [0.1, 0.15) is 0 Å². The van der Waals surface area contributed by atoms with Crippen LogP contribution in [0.4, 0.5) is 10.1 Å². The first-order valence-electron chi connectivity index (χ1n) is 5.60. The third-order valence-corrected chi connectivity index (χ3v) is 3.39. The van der Waals surface area contributed by atoms with Crippen molar-refractivity contribution in [2.75, 3.05) is 0 Å². The molecule has 104 valence electrons. The van der Waals surface area contributed by atoms with Crippen LogP contribution in [0.1, 0.15) is 11.3 Å². The molecule has 2 aromatic rings. The van der Waals surface area contributed by atoms with E-state index in [4.69, 9.17) is 0 Å². The topological polar surface area (TPSA) is 88.9 Å². The Balaban J connectivity index is 2.21. The number of halogens is 1. The summed E-state index contributed by atoms with van der Waals surface area (Å²) in [4.78, 5) is 27.7. The molecule has 0 atom stereocenters. The van der Waals surface area contributed by atoms with E-state index < -0.39 is 16.4 Å². The van der Waals surface area contributed by atoms with Crippen molar-refractivity contribution in [3.05, 3.63) is 61.8 Å². The zero-order valence-electron chi connectivity index (χ0n) is 10.4. The Bertz CT molecular complexity index is 717. The summed E-state index contributed by atoms with van der Waals surface area (Å²) in [6, 6.07) is 5.33. The van der Waals surface area contributed by atoms with Crippen molar-refractivity contribution >= 4 is 17.4 Å². The summed E-state index contributed by atoms with van der Waals surface area (Å²) in [6.07, 6.45) is 0. The largest absolute Gasteiger partial charge is 0.305 e. The van der Waals surface area contributed by atoms with Crippen molar-refractivity contribution in [2.24, 2.45) is 0 Å². The number of nitro groups is 1. The lowest BCUT2D eigenvalue weighted by Gasteiger charge is -2.03. The second kappa shape index (κ2) is 5.83. The highest BCUT2D eigenvalue weighted by Gasteiger charge is 2.17. The van der Waals surface area contributed by atoms with E-state index in [1.54, 1.807) is 6.92 Å². The number of rotatable bonds is 4. The van der Waals surface area contributed by atoms with Crippen LogP contribution in [0.3, 0.4) is 0 Å². The quantitative estimate of drug-likeness (QED) is 0.405. The molecule has 8 heteroatoms. The van der Waals surface area contributed by atoms with Crippen LogP contribution in [0, 0.1) is 22.9 Å². The molecule has 0 spiro atoms. The van der Waals surface area contributed by atoms with Gasteiger partial charge in [-0.25, -0.2) is 4.98 Å². The van der Waals surface area contributed by atoms with E-state index >= 15 is 0 Å². The SMILES string of the molecule is Cc1cc(=O)[nH]c(SCc2cccc([N+](=O)[O-])c2F)n1. The van der Waals surface area contributed by atoms with Crippen molar-refractivity contribution in [1.82, 2.24) is 9.97 Å². The van der Waals surface area contributed by atoms with Crippen LogP contribution < -0.4 is 5.56 Å². The van der Waals surface area contributed by atoms with Gasteiger partial charge in [0.05, 0.1) is 4.92 Å². The number of aromatic nitrogens is 2. The molecular weight excluding hydrogens is 285 g/mol. The predicted octanol–water partition coefficient (Wildman–Crippen LogP) is 2.42. The van der Waals surface area contributed by atoms with Gasteiger partial charge in [0.2, 0.25) is 5.82 Å². The lowest BCUT2D eigenvalue weighted by molar-refractivity contribution is -0.387. The smallest absolute Gasteiger partial charge is 0.301 e. The van der Waals surface area contributed by atoms with E-state index in [1.807, 2.05) is 0 Å². The molecule has 0 bridgehead atoms. The molecule has 1 aromatic heterocycles. The third-order valence-electron chi connectivity index (χ3n) is 2.47. The van der Waals surface area contributed by atoms with Crippen LogP contribution in [-0.4, -0.2) is 14.9 Å². The average molecular weight is 295 g/mol. The third kappa shape index (κ3) is 3.21. The molecule has 1 aromatic carbocycles. The molecule has 0 aliphatic heterocycles. The maximum Gasteiger partial charge on any atom is 0.305 e. The number of aryl methyl sites for hydroxylation is 1. The number of nitrogens with one attached hydrogen (secondary N) is 1. The minimum atomic E-state index is -0.861. The first kappa shape index (κ1) is 14.2. The lowest BCUT2D eigenvalue weighted by Crippen LogP contribution is -2.08. The molecule has 1 heterocycles. The molecule has 6 nitrogen and oxygen atoms in total. The zero-order chi connectivity index (χ0) is 14.7. The van der Waals surface area contributed by atoms with E-state index in [9.17, 15) is 19.3 Å². The van der Waals surface area contributed by atoms with Gasteiger partial charge in [-0.1, -0.05) is 23.9 Å². The zero-order valence-corrected chi connectivity index (χ0v) is 11.2. The van der Waals surface area contributed by atoms with Gasteiger partial charge < -0.3 is 4.98 Å². The second-order valence-electron chi connectivity index (χ2n) is 3.99. The molecule has 0 aliphatic carbocycles. The summed E-state index contributed by atoms with van der Waals surface area (Å²) >= 11 is 1.11. The van der Waals surface area contributed by atoms with Crippen LogP contribution in [-0.2, 0) is 5.75 Å². The van der Waals surface area contributed by atoms with Gasteiger partial charge in [0.25, 0.3) is 5.56 Å². The number of thioether (sulfide) groups is 1. The molecule has 0 aliphatic rings. The Kier molecular flexibility index (Phi) is 4.14. The summed E-state index contributed by atoms with van der Waals surface area (Å²) < 4.78 is 13.8. The van der Waals surface area contributed by atoms with E-state index in [0.29, 0.717) is 10.9 Å². The van der Waals surface area contributed by atoms with Gasteiger partial charge >= 0.3 is 5.69 Å². The van der Waals surface area contributed by atoms with Gasteiger partial charge in [-0.15, -0.1) is 0 Å². The number of nitrogens with zero attached hydrogens (tertiary/aromatic N) is 2. The number of hydrogen-bond donors (Lipinski definition) is 1. The van der Waals surface area contributed by atoms with Crippen LogP contribution >= 0.6 is 11.8 Å². The summed E-state index contributed by atoms with van der Waals surface area (Å²) in [5, 5.41) is 11.0. The van der Waals surface area contributed by atoms with Gasteiger partial charge in [-0.3, -0.25) is 14.9 Å². The Morgan fingerprint density at radius 2 is 2.25 bits per heavy atom. The van der Waals surface area contributed by atoms with Gasteiger partial charge in [0, 0.05) is 29.1 Å². The molecule has 0 radical (unpaired) electrons. The van der Waals surface area contributed by atoms with Crippen molar-refractivity contribution in [2.45, 2.75) is 17.8 Å². The summed E-state index contributed by atoms with van der Waals surface area (Å²) in [5.41, 5.74) is -0.113. The van der Waals surface area contributed by atoms with Crippen molar-refractivity contribution in [3.8, 4) is 0 Å². The minimum Gasteiger partial charge on any atom is -0.301 e. The molecule has 2 rings (SSSR count). The van der Waals surface area contributed by atoms with Crippen molar-refractivity contribution < 1.29 is 9.31 Å². The first-order chi connectivity index (χ1) is 9.47. The molecule has 0 fully saturated rings. The van der Waals surface area contributed by atoms with Crippen molar-refractivity contribution in [3.63, 3.8) is 0 Å². The number of aromatic amines is 1. The number of H-pyrrole nitrogens is 1. The molecule has 0 saturated heterocycles. The second-order valence-corrected chi connectivity index (χ2v) is 4.95. The van der Waals surface area contributed by atoms with Gasteiger partial charge in [-0.2, -0.15) is 4.39 Å². The molecule has 20 heavy (non-hydrogen) atoms. The molecule has 0 unspecified atom stereocenters. The fraction of sp³-hybridized carbons (Fsp3) is 0.167. The van der Waals surface area contributed by atoms with Gasteiger partial charge in [-0.05, 0) is 6.92 Å². The Hall–Kier alpha value is -2.22. The number of nitro benzene ring substituents is 1. The normalized spacial score (nSPS) is 10.5. The van der Waals surface area contributed by atoms with Crippen LogP contribution in [0.5, 0.6) is 0 Å². The standard InChI is InChI=1S/C12H10FN3O3S/c1-7-5-10(17)15-12(14-7)20-6-8-3-2-4-9(11(8)13)16(18)19/h2-5H,6H2,1H3,(H,14,15,17). The Morgan fingerprint density at radius 3 is 2.90 bits per heavy atom. The highest BCUT2D eigenvalue weighted by atomic mass is 32.2.